The normalized spacial score (nSPS) is 13.6. The van der Waals surface area contributed by atoms with Gasteiger partial charge < -0.3 is 5.11 Å². The zero-order valence-corrected chi connectivity index (χ0v) is 5.76. The van der Waals surface area contributed by atoms with Gasteiger partial charge in [0, 0.05) is 11.6 Å². The monoisotopic (exact) mass is 145 g/mol. The van der Waals surface area contributed by atoms with E-state index in [0.717, 1.165) is 11.3 Å². The average molecular weight is 145 g/mol. The van der Waals surface area contributed by atoms with Crippen LogP contribution in [0, 0.1) is 0 Å². The van der Waals surface area contributed by atoms with Gasteiger partial charge in [0.1, 0.15) is 6.23 Å². The Kier molecular flexibility index (Phi) is 1.68. The molecule has 1 aromatic rings. The summed E-state index contributed by atoms with van der Waals surface area (Å²) in [6.07, 6.45) is 0.862. The zero-order valence-electron chi connectivity index (χ0n) is 4.94. The fourth-order valence-electron chi connectivity index (χ4n) is 0.553. The summed E-state index contributed by atoms with van der Waals surface area (Å²) in [6, 6.07) is 0. The van der Waals surface area contributed by atoms with Crippen LogP contribution >= 0.6 is 11.3 Å². The molecule has 0 aliphatic heterocycles. The van der Waals surface area contributed by atoms with Crippen LogP contribution in [0.15, 0.2) is 16.4 Å². The highest BCUT2D eigenvalue weighted by Crippen LogP contribution is 1.97. The van der Waals surface area contributed by atoms with E-state index >= 15 is 0 Å². The lowest BCUT2D eigenvalue weighted by atomic mass is 10.6. The third-order valence-electron chi connectivity index (χ3n) is 1.00. The molecule has 1 aromatic heterocycles. The molecular weight excluding hydrogens is 138 g/mol. The Bertz CT molecular complexity index is 237. The van der Waals surface area contributed by atoms with Gasteiger partial charge in [-0.15, -0.1) is 0 Å². The maximum atomic E-state index is 10.7. The van der Waals surface area contributed by atoms with Crippen LogP contribution in [0.1, 0.15) is 13.2 Å². The van der Waals surface area contributed by atoms with Gasteiger partial charge in [-0.05, 0) is 6.92 Å². The van der Waals surface area contributed by atoms with E-state index in [1.54, 1.807) is 18.5 Å². The first-order valence-electron chi connectivity index (χ1n) is 2.55. The summed E-state index contributed by atoms with van der Waals surface area (Å²) in [7, 11) is 0. The van der Waals surface area contributed by atoms with Crippen molar-refractivity contribution in [3.05, 3.63) is 21.2 Å². The van der Waals surface area contributed by atoms with Crippen molar-refractivity contribution < 1.29 is 5.11 Å². The van der Waals surface area contributed by atoms with Crippen LogP contribution in [-0.4, -0.2) is 9.67 Å². The Morgan fingerprint density at radius 1 is 1.89 bits per heavy atom. The van der Waals surface area contributed by atoms with E-state index in [2.05, 4.69) is 0 Å². The molecular formula is C5H7NO2S. The van der Waals surface area contributed by atoms with Gasteiger partial charge in [-0.3, -0.25) is 9.36 Å². The van der Waals surface area contributed by atoms with E-state index in [-0.39, 0.29) is 4.87 Å². The number of hydrogen-bond acceptors (Lipinski definition) is 3. The first-order valence-corrected chi connectivity index (χ1v) is 3.43. The summed E-state index contributed by atoms with van der Waals surface area (Å²) in [5.74, 6) is 0. The Balaban J connectivity index is 3.08. The van der Waals surface area contributed by atoms with E-state index < -0.39 is 6.23 Å². The van der Waals surface area contributed by atoms with Crippen LogP contribution in [0.3, 0.4) is 0 Å². The number of hydrogen-bond donors (Lipinski definition) is 1. The van der Waals surface area contributed by atoms with Crippen molar-refractivity contribution in [2.75, 3.05) is 0 Å². The first-order chi connectivity index (χ1) is 4.22. The van der Waals surface area contributed by atoms with Crippen LogP contribution in [-0.2, 0) is 0 Å². The van der Waals surface area contributed by atoms with Crippen molar-refractivity contribution in [1.82, 2.24) is 4.57 Å². The van der Waals surface area contributed by atoms with Crippen molar-refractivity contribution in [3.63, 3.8) is 0 Å². The minimum Gasteiger partial charge on any atom is -0.373 e. The highest BCUT2D eigenvalue weighted by atomic mass is 32.1. The first kappa shape index (κ1) is 6.51. The molecule has 1 N–H and O–H groups in total. The molecule has 0 bridgehead atoms. The summed E-state index contributed by atoms with van der Waals surface area (Å²) in [4.78, 5) is 10.6. The quantitative estimate of drug-likeness (QED) is 0.622. The third-order valence-corrected chi connectivity index (χ3v) is 1.67. The summed E-state index contributed by atoms with van der Waals surface area (Å²) in [6.45, 7) is 1.55. The molecule has 0 spiro atoms. The van der Waals surface area contributed by atoms with Crippen molar-refractivity contribution in [2.24, 2.45) is 0 Å². The van der Waals surface area contributed by atoms with Crippen LogP contribution in [0.2, 0.25) is 0 Å². The molecule has 50 valence electrons. The summed E-state index contributed by atoms with van der Waals surface area (Å²) in [5, 5.41) is 10.5. The predicted molar refractivity (Wildman–Crippen MR) is 35.5 cm³/mol. The maximum Gasteiger partial charge on any atom is 0.309 e. The van der Waals surface area contributed by atoms with Gasteiger partial charge in [0.05, 0.1) is 0 Å². The van der Waals surface area contributed by atoms with E-state index in [9.17, 15) is 4.79 Å². The van der Waals surface area contributed by atoms with Gasteiger partial charge in [-0.1, -0.05) is 11.3 Å². The van der Waals surface area contributed by atoms with Gasteiger partial charge >= 0.3 is 4.87 Å². The van der Waals surface area contributed by atoms with Gasteiger partial charge in [0.2, 0.25) is 0 Å². The molecule has 9 heavy (non-hydrogen) atoms. The highest BCUT2D eigenvalue weighted by molar-refractivity contribution is 7.07. The van der Waals surface area contributed by atoms with Gasteiger partial charge in [-0.25, -0.2) is 0 Å². The molecule has 0 aliphatic rings. The molecule has 0 radical (unpaired) electrons. The minimum absolute atomic E-state index is 0.120. The smallest absolute Gasteiger partial charge is 0.309 e. The second-order valence-electron chi connectivity index (χ2n) is 1.71. The highest BCUT2D eigenvalue weighted by Gasteiger charge is 1.99. The summed E-state index contributed by atoms with van der Waals surface area (Å²) < 4.78 is 1.27. The molecule has 1 heterocycles. The number of thiazole rings is 1. The molecule has 1 rings (SSSR count). The molecule has 0 saturated carbocycles. The fraction of sp³-hybridized carbons (Fsp3) is 0.400. The number of nitrogens with zero attached hydrogens (tertiary/aromatic N) is 1. The van der Waals surface area contributed by atoms with E-state index in [0.29, 0.717) is 0 Å². The molecule has 0 saturated heterocycles. The average Bonchev–Trinajstić information content (AvgIpc) is 2.13. The van der Waals surface area contributed by atoms with Crippen LogP contribution < -0.4 is 4.87 Å². The number of aliphatic hydroxyl groups is 1. The number of rotatable bonds is 1. The largest absolute Gasteiger partial charge is 0.373 e. The zero-order chi connectivity index (χ0) is 6.85. The number of aliphatic hydroxyl groups excluding tert-OH is 1. The van der Waals surface area contributed by atoms with E-state index in [1.807, 2.05) is 0 Å². The molecule has 1 atom stereocenters. The van der Waals surface area contributed by atoms with Gasteiger partial charge in [-0.2, -0.15) is 0 Å². The second kappa shape index (κ2) is 2.33. The Morgan fingerprint density at radius 2 is 2.56 bits per heavy atom. The molecule has 0 amide bonds. The minimum atomic E-state index is -0.705. The SMILES string of the molecule is CC(O)n1ccsc1=O. The van der Waals surface area contributed by atoms with E-state index in [1.165, 1.54) is 4.57 Å². The number of aromatic nitrogens is 1. The molecule has 0 aromatic carbocycles. The third kappa shape index (κ3) is 1.20. The topological polar surface area (TPSA) is 42.2 Å². The molecule has 3 nitrogen and oxygen atoms in total. The van der Waals surface area contributed by atoms with Gasteiger partial charge in [0.15, 0.2) is 0 Å². The van der Waals surface area contributed by atoms with Crippen molar-refractivity contribution in [3.8, 4) is 0 Å². The fourth-order valence-corrected chi connectivity index (χ4v) is 1.20. The van der Waals surface area contributed by atoms with Crippen LogP contribution in [0.25, 0.3) is 0 Å². The van der Waals surface area contributed by atoms with E-state index in [4.69, 9.17) is 5.11 Å². The molecule has 0 fully saturated rings. The lowest BCUT2D eigenvalue weighted by molar-refractivity contribution is 0.122. The molecule has 0 aliphatic carbocycles. The van der Waals surface area contributed by atoms with Crippen LogP contribution in [0.5, 0.6) is 0 Å². The Hall–Kier alpha value is -0.610. The molecule has 4 heteroatoms. The van der Waals surface area contributed by atoms with Crippen molar-refractivity contribution in [2.45, 2.75) is 13.2 Å². The Labute approximate surface area is 56.2 Å². The Morgan fingerprint density at radius 3 is 2.78 bits per heavy atom. The lowest BCUT2D eigenvalue weighted by Gasteiger charge is -2.00. The lowest BCUT2D eigenvalue weighted by Crippen LogP contribution is -2.15. The summed E-state index contributed by atoms with van der Waals surface area (Å²) >= 11 is 1.08. The van der Waals surface area contributed by atoms with Crippen molar-refractivity contribution >= 4 is 11.3 Å². The second-order valence-corrected chi connectivity index (χ2v) is 2.57. The summed E-state index contributed by atoms with van der Waals surface area (Å²) in [5.41, 5.74) is 0. The standard InChI is InChI=1S/C5H7NO2S/c1-4(7)6-2-3-9-5(6)8/h2-4,7H,1H3. The predicted octanol–water partition coefficient (Wildman–Crippen LogP) is 0.421. The van der Waals surface area contributed by atoms with Crippen LogP contribution in [0.4, 0.5) is 0 Å². The van der Waals surface area contributed by atoms with Crippen molar-refractivity contribution in [1.29, 1.82) is 0 Å². The molecule has 1 unspecified atom stereocenters. The van der Waals surface area contributed by atoms with Gasteiger partial charge in [0.25, 0.3) is 0 Å². The maximum absolute atomic E-state index is 10.7.